The van der Waals surface area contributed by atoms with Gasteiger partial charge in [-0.3, -0.25) is 29.1 Å². The number of cyclic esters (lactones) is 1. The highest BCUT2D eigenvalue weighted by molar-refractivity contribution is 7.16. The van der Waals surface area contributed by atoms with Crippen molar-refractivity contribution < 1.29 is 67.3 Å². The monoisotopic (exact) mass is 1020 g/mol. The maximum absolute atomic E-state index is 15.7. The molecule has 17 nitrogen and oxygen atoms in total. The van der Waals surface area contributed by atoms with Crippen molar-refractivity contribution in [1.29, 1.82) is 0 Å². The Morgan fingerprint density at radius 2 is 1.72 bits per heavy atom. The number of pyridine rings is 1. The van der Waals surface area contributed by atoms with Crippen molar-refractivity contribution in [1.82, 2.24) is 14.8 Å². The fraction of sp³-hybridized carbons (Fsp3) is 0.685. The Hall–Kier alpha value is -3.97. The van der Waals surface area contributed by atoms with E-state index >= 15 is 9.59 Å². The maximum atomic E-state index is 15.7. The lowest BCUT2D eigenvalue weighted by molar-refractivity contribution is -0.328. The van der Waals surface area contributed by atoms with E-state index in [0.717, 1.165) is 15.4 Å². The molecule has 72 heavy (non-hydrogen) atoms. The number of nitrogens with zero attached hydrogens (tertiary/aromatic N) is 3. The number of rotatable bonds is 12. The zero-order valence-electron chi connectivity index (χ0n) is 43.8. The molecule has 7 heterocycles. The van der Waals surface area contributed by atoms with Gasteiger partial charge >= 0.3 is 11.9 Å². The van der Waals surface area contributed by atoms with Crippen LogP contribution in [0.2, 0.25) is 0 Å². The third-order valence-electron chi connectivity index (χ3n) is 15.9. The fourth-order valence-corrected chi connectivity index (χ4v) is 12.9. The van der Waals surface area contributed by atoms with E-state index in [9.17, 15) is 19.8 Å². The van der Waals surface area contributed by atoms with Gasteiger partial charge < -0.3 is 53.0 Å². The number of aliphatic hydroxyl groups is 2. The number of likely N-dealkylation sites (N-methyl/N-ethyl adjacent to an activating group) is 1. The number of hydrogen-bond donors (Lipinski definition) is 2. The molecule has 5 aliphatic rings. The number of carbonyl (C=O) groups is 4. The van der Waals surface area contributed by atoms with E-state index in [1.54, 1.807) is 53.8 Å². The standard InChI is InChI=1S/C54H75N3O14S/c1-14-24-57-29-51(7)44-40(57)49(63)71-54(44,10)38(15-2)68-48(62)32(5)41(58)43(69-39-28-52(8,64-13)46(61)33(6)67-39)47(70-50-42(59)36(56(11)12)26-31(4)66-50)53(9,27-30(3)45(51)60)65-25-18-19-34-21-22-37(72-34)35-20-16-17-23-55-35/h14,16-17,20-23,30-33,36,38-40,42-44,46-47,50,59,61H,1,15,24-29H2,2-13H3/t30-,31-,32-,33+,36+,38+,39?,40?,42-,43+,44?,46+,47-,50+,51?,52?,53+,54-/m1/s1. The van der Waals surface area contributed by atoms with E-state index in [-0.39, 0.29) is 44.7 Å². The summed E-state index contributed by atoms with van der Waals surface area (Å²) < 4.78 is 51.9. The molecule has 5 aliphatic heterocycles. The van der Waals surface area contributed by atoms with Crippen LogP contribution in [0.25, 0.3) is 10.6 Å². The van der Waals surface area contributed by atoms with Crippen LogP contribution in [-0.4, -0.2) is 174 Å². The summed E-state index contributed by atoms with van der Waals surface area (Å²) >= 11 is 1.45. The van der Waals surface area contributed by atoms with Crippen molar-refractivity contribution in [3.05, 3.63) is 54.1 Å². The predicted octanol–water partition coefficient (Wildman–Crippen LogP) is 4.98. The van der Waals surface area contributed by atoms with Gasteiger partial charge in [0.25, 0.3) is 0 Å². The molecule has 0 amide bonds. The van der Waals surface area contributed by atoms with Crippen LogP contribution in [-0.2, 0) is 57.1 Å². The summed E-state index contributed by atoms with van der Waals surface area (Å²) in [7, 11) is 5.13. The Morgan fingerprint density at radius 3 is 2.38 bits per heavy atom. The molecule has 0 aliphatic carbocycles. The number of carbonyl (C=O) groups excluding carboxylic acids is 4. The molecule has 5 unspecified atom stereocenters. The molecular weight excluding hydrogens is 947 g/mol. The van der Waals surface area contributed by atoms with Gasteiger partial charge in [0.2, 0.25) is 0 Å². The minimum Gasteiger partial charge on any atom is -0.458 e. The summed E-state index contributed by atoms with van der Waals surface area (Å²) in [6.45, 7) is 19.6. The predicted molar refractivity (Wildman–Crippen MR) is 266 cm³/mol. The van der Waals surface area contributed by atoms with Crippen LogP contribution in [0.4, 0.5) is 0 Å². The van der Waals surface area contributed by atoms with Gasteiger partial charge in [0, 0.05) is 56.1 Å². The minimum atomic E-state index is -1.75. The van der Waals surface area contributed by atoms with Crippen molar-refractivity contribution >= 4 is 34.8 Å². The quantitative estimate of drug-likeness (QED) is 0.125. The van der Waals surface area contributed by atoms with Gasteiger partial charge in [-0.1, -0.05) is 44.8 Å². The van der Waals surface area contributed by atoms with Gasteiger partial charge in [-0.2, -0.15) is 0 Å². The van der Waals surface area contributed by atoms with Crippen LogP contribution >= 0.6 is 11.3 Å². The number of likely N-dealkylation sites (tertiary alicyclic amines) is 1. The van der Waals surface area contributed by atoms with Gasteiger partial charge in [-0.15, -0.1) is 17.9 Å². The number of Topliss-reactive ketones (excluding diaryl/α,β-unsaturated/α-hetero) is 2. The fourth-order valence-electron chi connectivity index (χ4n) is 12.1. The first kappa shape index (κ1) is 55.8. The van der Waals surface area contributed by atoms with Crippen LogP contribution in [0.5, 0.6) is 0 Å². The Bertz CT molecular complexity index is 2360. The Morgan fingerprint density at radius 1 is 0.986 bits per heavy atom. The van der Waals surface area contributed by atoms with Gasteiger partial charge in [0.05, 0.1) is 38.9 Å². The summed E-state index contributed by atoms with van der Waals surface area (Å²) in [5.41, 5.74) is -4.87. The summed E-state index contributed by atoms with van der Waals surface area (Å²) in [5.74, 6) is 0.639. The molecular formula is C54H75N3O14S. The molecule has 5 fully saturated rings. The van der Waals surface area contributed by atoms with Crippen molar-refractivity contribution in [2.75, 3.05) is 40.9 Å². The van der Waals surface area contributed by atoms with Crippen LogP contribution in [0.15, 0.2) is 49.2 Å². The lowest BCUT2D eigenvalue weighted by atomic mass is 9.62. The molecule has 2 N–H and O–H groups in total. The smallest absolute Gasteiger partial charge is 0.324 e. The molecule has 0 spiro atoms. The molecule has 0 radical (unpaired) electrons. The van der Waals surface area contributed by atoms with E-state index in [1.165, 1.54) is 25.4 Å². The summed E-state index contributed by atoms with van der Waals surface area (Å²) in [6.07, 6.45) is -6.75. The molecule has 18 atom stereocenters. The van der Waals surface area contributed by atoms with E-state index in [2.05, 4.69) is 23.4 Å². The topological polar surface area (TPSA) is 202 Å². The normalized spacial score (nSPS) is 41.0. The molecule has 5 saturated heterocycles. The highest BCUT2D eigenvalue weighted by atomic mass is 32.1. The third-order valence-corrected chi connectivity index (χ3v) is 17.0. The van der Waals surface area contributed by atoms with Crippen LogP contribution in [0.1, 0.15) is 92.9 Å². The van der Waals surface area contributed by atoms with Crippen molar-refractivity contribution in [3.8, 4) is 22.4 Å². The van der Waals surface area contributed by atoms with E-state index in [1.807, 2.05) is 68.1 Å². The van der Waals surface area contributed by atoms with Gasteiger partial charge in [-0.05, 0) is 99.2 Å². The largest absolute Gasteiger partial charge is 0.458 e. The molecule has 18 heteroatoms. The van der Waals surface area contributed by atoms with Crippen molar-refractivity contribution in [3.63, 3.8) is 0 Å². The third kappa shape index (κ3) is 10.8. The maximum Gasteiger partial charge on any atom is 0.324 e. The Balaban J connectivity index is 1.40. The molecule has 0 saturated carbocycles. The summed E-state index contributed by atoms with van der Waals surface area (Å²) in [6, 6.07) is 8.19. The second-order valence-corrected chi connectivity index (χ2v) is 22.6. The minimum absolute atomic E-state index is 0.0599. The number of thiophene rings is 1. The second kappa shape index (κ2) is 22.1. The first-order chi connectivity index (χ1) is 33.9. The number of ketones is 2. The average molecular weight is 1020 g/mol. The lowest BCUT2D eigenvalue weighted by Gasteiger charge is -2.49. The number of ether oxygens (including phenoxy) is 8. The van der Waals surface area contributed by atoms with Crippen molar-refractivity contribution in [2.45, 2.75) is 172 Å². The molecule has 0 aromatic carbocycles. The Labute approximate surface area is 428 Å². The number of hydrogen-bond acceptors (Lipinski definition) is 18. The number of esters is 2. The SMILES string of the molecule is C=CCN1CC2(C)C(=O)[C@H](C)C[C@](C)(OCC#Cc3ccc(-c4ccccn4)s3)[C@H](O[C@@H]3O[C@H](C)C[C@H](N(C)C)[C@H]3O)[C@@H](OC3CC(C)(OC)[C@@H](O)[C@H](C)O3)C(=O)[C@@H](C)C(=O)O[C@@H](CC)[C@@]3(C)OC(=O)C1C23. The highest BCUT2D eigenvalue weighted by Gasteiger charge is 2.71. The van der Waals surface area contributed by atoms with Crippen LogP contribution < -0.4 is 0 Å². The molecule has 2 aromatic heterocycles. The second-order valence-electron chi connectivity index (χ2n) is 21.5. The van der Waals surface area contributed by atoms with Crippen molar-refractivity contribution in [2.24, 2.45) is 23.2 Å². The van der Waals surface area contributed by atoms with E-state index in [4.69, 9.17) is 37.9 Å². The summed E-state index contributed by atoms with van der Waals surface area (Å²) in [4.78, 5) is 70.1. The van der Waals surface area contributed by atoms with Crippen LogP contribution in [0, 0.1) is 35.0 Å². The lowest BCUT2D eigenvalue weighted by Crippen LogP contribution is -2.63. The first-order valence-corrected chi connectivity index (χ1v) is 26.0. The zero-order valence-corrected chi connectivity index (χ0v) is 44.6. The zero-order chi connectivity index (χ0) is 52.7. The van der Waals surface area contributed by atoms with Gasteiger partial charge in [0.15, 0.2) is 24.0 Å². The molecule has 7 rings (SSSR count). The molecule has 0 bridgehead atoms. The highest BCUT2D eigenvalue weighted by Crippen LogP contribution is 2.56. The number of aromatic nitrogens is 1. The van der Waals surface area contributed by atoms with Gasteiger partial charge in [0.1, 0.15) is 54.9 Å². The molecule has 2 aromatic rings. The van der Waals surface area contributed by atoms with Gasteiger partial charge in [-0.25, -0.2) is 0 Å². The van der Waals surface area contributed by atoms with E-state index < -0.39 is 125 Å². The average Bonchev–Trinajstić information content (AvgIpc) is 4.03. The Kier molecular flexibility index (Phi) is 17.1. The van der Waals surface area contributed by atoms with Crippen LogP contribution in [0.3, 0.4) is 0 Å². The number of aliphatic hydroxyl groups excluding tert-OH is 2. The summed E-state index contributed by atoms with van der Waals surface area (Å²) in [5, 5.41) is 23.3. The first-order valence-electron chi connectivity index (χ1n) is 25.1. The number of methoxy groups -OCH3 is 1. The molecule has 396 valence electrons. The van der Waals surface area contributed by atoms with E-state index in [0.29, 0.717) is 6.42 Å².